The van der Waals surface area contributed by atoms with Gasteiger partial charge in [0.25, 0.3) is 0 Å². The Balaban J connectivity index is 2.04. The summed E-state index contributed by atoms with van der Waals surface area (Å²) in [6.07, 6.45) is -1.20. The molecule has 3 N–H and O–H groups in total. The minimum Gasteiger partial charge on any atom is -0.394 e. The Kier molecular flexibility index (Phi) is 3.23. The molecule has 4 atom stereocenters. The average Bonchev–Trinajstić information content (AvgIpc) is 2.94. The van der Waals surface area contributed by atoms with E-state index in [1.165, 1.54) is 17.2 Å². The van der Waals surface area contributed by atoms with Crippen molar-refractivity contribution in [2.24, 2.45) is 0 Å². The summed E-state index contributed by atoms with van der Waals surface area (Å²) < 4.78 is 7.46. The predicted octanol–water partition coefficient (Wildman–Crippen LogP) is -0.800. The number of aromatic nitrogens is 4. The molecular weight excluding hydrogens is 320 g/mol. The van der Waals surface area contributed by atoms with Crippen LogP contribution in [0.25, 0.3) is 11.2 Å². The number of rotatable bonds is 2. The van der Waals surface area contributed by atoms with Crippen molar-refractivity contribution in [2.45, 2.75) is 24.5 Å². The van der Waals surface area contributed by atoms with Crippen molar-refractivity contribution in [1.29, 1.82) is 0 Å². The summed E-state index contributed by atoms with van der Waals surface area (Å²) in [6, 6.07) is 0. The van der Waals surface area contributed by atoms with Crippen molar-refractivity contribution >= 4 is 27.1 Å². The molecule has 2 aromatic heterocycles. The van der Waals surface area contributed by atoms with Crippen LogP contribution in [0.15, 0.2) is 17.3 Å². The van der Waals surface area contributed by atoms with Crippen LogP contribution in [0.3, 0.4) is 0 Å². The summed E-state index contributed by atoms with van der Waals surface area (Å²) >= 11 is 3.25. The van der Waals surface area contributed by atoms with Crippen LogP contribution < -0.4 is 0 Å². The zero-order valence-corrected chi connectivity index (χ0v) is 11.2. The van der Waals surface area contributed by atoms with Crippen LogP contribution in [-0.4, -0.2) is 59.8 Å². The molecule has 0 aliphatic carbocycles. The van der Waals surface area contributed by atoms with E-state index in [2.05, 4.69) is 30.9 Å². The highest BCUT2D eigenvalue weighted by molar-refractivity contribution is 9.10. The number of hydrogen-bond acceptors (Lipinski definition) is 7. The third kappa shape index (κ3) is 1.94. The maximum absolute atomic E-state index is 9.97. The largest absolute Gasteiger partial charge is 0.394 e. The monoisotopic (exact) mass is 330 g/mol. The first kappa shape index (κ1) is 12.9. The second-order valence-electron chi connectivity index (χ2n) is 4.22. The fourth-order valence-corrected chi connectivity index (χ4v) is 2.49. The van der Waals surface area contributed by atoms with Gasteiger partial charge in [-0.15, -0.1) is 0 Å². The minimum absolute atomic E-state index is 0.375. The molecule has 1 aliphatic rings. The number of hydrogen-bond donors (Lipinski definition) is 3. The second kappa shape index (κ2) is 4.76. The van der Waals surface area contributed by atoms with Gasteiger partial charge in [-0.1, -0.05) is 0 Å². The molecule has 1 saturated heterocycles. The lowest BCUT2D eigenvalue weighted by Crippen LogP contribution is -2.33. The van der Waals surface area contributed by atoms with Crippen LogP contribution in [0.2, 0.25) is 0 Å². The maximum atomic E-state index is 9.97. The molecule has 0 radical (unpaired) electrons. The van der Waals surface area contributed by atoms with Gasteiger partial charge in [-0.2, -0.15) is 0 Å². The van der Waals surface area contributed by atoms with Crippen molar-refractivity contribution in [3.05, 3.63) is 17.3 Å². The van der Waals surface area contributed by atoms with Gasteiger partial charge in [-0.05, 0) is 15.9 Å². The summed E-state index contributed by atoms with van der Waals surface area (Å²) in [5.41, 5.74) is 0.997. The molecule has 8 nitrogen and oxygen atoms in total. The quantitative estimate of drug-likeness (QED) is 0.618. The number of aliphatic hydroxyl groups is 3. The van der Waals surface area contributed by atoms with Crippen molar-refractivity contribution < 1.29 is 20.1 Å². The molecule has 0 aromatic carbocycles. The molecule has 0 unspecified atom stereocenters. The Morgan fingerprint density at radius 1 is 1.26 bits per heavy atom. The van der Waals surface area contributed by atoms with Gasteiger partial charge >= 0.3 is 0 Å². The van der Waals surface area contributed by atoms with E-state index >= 15 is 0 Å². The molecule has 0 saturated carbocycles. The third-order valence-corrected chi connectivity index (χ3v) is 3.69. The third-order valence-electron chi connectivity index (χ3n) is 3.11. The van der Waals surface area contributed by atoms with E-state index in [1.807, 2.05) is 0 Å². The minimum atomic E-state index is -1.16. The summed E-state index contributed by atoms with van der Waals surface area (Å²) in [5, 5.41) is 28.8. The summed E-state index contributed by atoms with van der Waals surface area (Å²) in [7, 11) is 0. The van der Waals surface area contributed by atoms with Gasteiger partial charge in [-0.3, -0.25) is 4.57 Å². The van der Waals surface area contributed by atoms with E-state index in [4.69, 9.17) is 9.84 Å². The van der Waals surface area contributed by atoms with E-state index in [0.717, 1.165) is 0 Å². The molecule has 1 fully saturated rings. The van der Waals surface area contributed by atoms with Crippen molar-refractivity contribution in [1.82, 2.24) is 19.5 Å². The fraction of sp³-hybridized carbons (Fsp3) is 0.500. The Morgan fingerprint density at radius 2 is 2.05 bits per heavy atom. The van der Waals surface area contributed by atoms with Crippen molar-refractivity contribution in [3.8, 4) is 0 Å². The first-order valence-electron chi connectivity index (χ1n) is 5.59. The van der Waals surface area contributed by atoms with Crippen molar-refractivity contribution in [2.75, 3.05) is 6.61 Å². The van der Waals surface area contributed by atoms with Crippen LogP contribution >= 0.6 is 15.9 Å². The first-order valence-corrected chi connectivity index (χ1v) is 6.38. The van der Waals surface area contributed by atoms with E-state index in [0.29, 0.717) is 15.8 Å². The molecule has 2 aromatic rings. The lowest BCUT2D eigenvalue weighted by molar-refractivity contribution is -0.0511. The van der Waals surface area contributed by atoms with Gasteiger partial charge in [0.05, 0.1) is 12.9 Å². The number of halogens is 1. The standard InChI is InChI=1S/C10H11BrN4O4/c11-8-5-9(13-2-12-8)15(3-14-5)10-7(18)6(17)4(1-16)19-10/h2-4,6-7,10,16-18H,1H2/t4-,6+,7-,10+/m0/s1. The molecule has 1 aliphatic heterocycles. The Morgan fingerprint density at radius 3 is 2.74 bits per heavy atom. The van der Waals surface area contributed by atoms with Gasteiger partial charge in [0.1, 0.15) is 34.8 Å². The lowest BCUT2D eigenvalue weighted by Gasteiger charge is -2.16. The summed E-state index contributed by atoms with van der Waals surface area (Å²) in [5.74, 6) is 0. The van der Waals surface area contributed by atoms with Crippen molar-refractivity contribution in [3.63, 3.8) is 0 Å². The fourth-order valence-electron chi connectivity index (χ4n) is 2.12. The van der Waals surface area contributed by atoms with E-state index < -0.39 is 24.5 Å². The van der Waals surface area contributed by atoms with Gasteiger partial charge < -0.3 is 20.1 Å². The number of ether oxygens (including phenoxy) is 1. The molecule has 3 rings (SSSR count). The second-order valence-corrected chi connectivity index (χ2v) is 4.97. The zero-order chi connectivity index (χ0) is 13.6. The zero-order valence-electron chi connectivity index (χ0n) is 9.59. The van der Waals surface area contributed by atoms with Gasteiger partial charge in [0.15, 0.2) is 11.9 Å². The normalized spacial score (nSPS) is 31.2. The van der Waals surface area contributed by atoms with E-state index in [9.17, 15) is 10.2 Å². The Bertz CT molecular complexity index is 606. The number of aliphatic hydroxyl groups excluding tert-OH is 3. The lowest BCUT2D eigenvalue weighted by atomic mass is 10.1. The molecular formula is C10H11BrN4O4. The number of imidazole rings is 1. The number of fused-ring (bicyclic) bond motifs is 1. The highest BCUT2D eigenvalue weighted by Crippen LogP contribution is 2.31. The molecule has 9 heteroatoms. The van der Waals surface area contributed by atoms with E-state index in [1.54, 1.807) is 0 Å². The smallest absolute Gasteiger partial charge is 0.166 e. The SMILES string of the molecule is OC[C@@H]1O[C@@H](n2cnc3c(Br)ncnc32)[C@@H](O)[C@@H]1O. The molecule has 19 heavy (non-hydrogen) atoms. The summed E-state index contributed by atoms with van der Waals surface area (Å²) in [4.78, 5) is 12.2. The molecule has 0 spiro atoms. The number of nitrogens with zero attached hydrogens (tertiary/aromatic N) is 4. The van der Waals surface area contributed by atoms with Gasteiger partial charge in [0, 0.05) is 0 Å². The Labute approximate surface area is 115 Å². The van der Waals surface area contributed by atoms with Gasteiger partial charge in [-0.25, -0.2) is 15.0 Å². The molecule has 3 heterocycles. The average molecular weight is 331 g/mol. The summed E-state index contributed by atoms with van der Waals surface area (Å²) in [6.45, 7) is -0.375. The van der Waals surface area contributed by atoms with Crippen LogP contribution in [0.4, 0.5) is 0 Å². The van der Waals surface area contributed by atoms with Crippen LogP contribution in [0.1, 0.15) is 6.23 Å². The Hall–Kier alpha value is -1.13. The maximum Gasteiger partial charge on any atom is 0.166 e. The molecule has 0 bridgehead atoms. The van der Waals surface area contributed by atoms with Crippen LogP contribution in [0, 0.1) is 0 Å². The predicted molar refractivity (Wildman–Crippen MR) is 66.0 cm³/mol. The van der Waals surface area contributed by atoms with Gasteiger partial charge in [0.2, 0.25) is 0 Å². The topological polar surface area (TPSA) is 114 Å². The first-order chi connectivity index (χ1) is 9.13. The highest BCUT2D eigenvalue weighted by atomic mass is 79.9. The molecule has 0 amide bonds. The molecule has 102 valence electrons. The van der Waals surface area contributed by atoms with Crippen LogP contribution in [-0.2, 0) is 4.74 Å². The highest BCUT2D eigenvalue weighted by Gasteiger charge is 2.43. The van der Waals surface area contributed by atoms with Crippen LogP contribution in [0.5, 0.6) is 0 Å². The van der Waals surface area contributed by atoms with E-state index in [-0.39, 0.29) is 6.61 Å².